The van der Waals surface area contributed by atoms with Crippen LogP contribution in [0.2, 0.25) is 0 Å². The number of ether oxygens (including phenoxy) is 1. The Morgan fingerprint density at radius 2 is 1.73 bits per heavy atom. The first-order valence-corrected chi connectivity index (χ1v) is 8.80. The van der Waals surface area contributed by atoms with Crippen molar-refractivity contribution in [3.63, 3.8) is 0 Å². The van der Waals surface area contributed by atoms with Crippen LogP contribution in [-0.2, 0) is 0 Å². The van der Waals surface area contributed by atoms with E-state index in [0.29, 0.717) is 24.3 Å². The van der Waals surface area contributed by atoms with Crippen LogP contribution < -0.4 is 4.74 Å². The van der Waals surface area contributed by atoms with Gasteiger partial charge in [0.15, 0.2) is 5.69 Å². The van der Waals surface area contributed by atoms with Crippen LogP contribution in [0, 0.1) is 0 Å². The van der Waals surface area contributed by atoms with Crippen molar-refractivity contribution >= 4 is 11.8 Å². The van der Waals surface area contributed by atoms with Gasteiger partial charge in [-0.2, -0.15) is 0 Å². The molecule has 3 heterocycles. The number of rotatable bonds is 4. The number of nitrogens with zero attached hydrogens (tertiary/aromatic N) is 5. The molecular weight excluding hydrogens is 334 g/mol. The summed E-state index contributed by atoms with van der Waals surface area (Å²) in [6, 6.07) is 7.13. The standard InChI is InChI=1S/C18H21N5O3/c1-26-15-6-4-13(5-7-15)17(24)22-10-14(11-22)23-12-16(19-20-23)18(25)21-8-2-3-9-21/h4-7,12,14H,2-3,8-11H2,1H3. The van der Waals surface area contributed by atoms with Gasteiger partial charge in [-0.05, 0) is 37.1 Å². The molecule has 26 heavy (non-hydrogen) atoms. The Balaban J connectivity index is 1.35. The van der Waals surface area contributed by atoms with E-state index in [9.17, 15) is 9.59 Å². The summed E-state index contributed by atoms with van der Waals surface area (Å²) in [4.78, 5) is 28.4. The zero-order chi connectivity index (χ0) is 18.1. The molecule has 2 aliphatic rings. The Morgan fingerprint density at radius 3 is 2.38 bits per heavy atom. The van der Waals surface area contributed by atoms with Crippen LogP contribution >= 0.6 is 0 Å². The smallest absolute Gasteiger partial charge is 0.276 e. The largest absolute Gasteiger partial charge is 0.497 e. The maximum atomic E-state index is 12.5. The van der Waals surface area contributed by atoms with Gasteiger partial charge in [-0.15, -0.1) is 5.10 Å². The van der Waals surface area contributed by atoms with Crippen molar-refractivity contribution in [2.24, 2.45) is 0 Å². The average molecular weight is 355 g/mol. The Kier molecular flexibility index (Phi) is 4.32. The summed E-state index contributed by atoms with van der Waals surface area (Å²) in [5.74, 6) is 0.650. The first-order valence-electron chi connectivity index (χ1n) is 8.80. The van der Waals surface area contributed by atoms with Gasteiger partial charge in [0.25, 0.3) is 11.8 Å². The number of carbonyl (C=O) groups excluding carboxylic acids is 2. The molecule has 2 saturated heterocycles. The van der Waals surface area contributed by atoms with Gasteiger partial charge in [-0.25, -0.2) is 4.68 Å². The quantitative estimate of drug-likeness (QED) is 0.824. The molecule has 8 nitrogen and oxygen atoms in total. The van der Waals surface area contributed by atoms with Gasteiger partial charge in [-0.3, -0.25) is 9.59 Å². The van der Waals surface area contributed by atoms with E-state index in [1.807, 2.05) is 4.90 Å². The number of benzene rings is 1. The molecule has 0 saturated carbocycles. The number of amides is 2. The molecule has 0 atom stereocenters. The molecule has 0 unspecified atom stereocenters. The van der Waals surface area contributed by atoms with Crippen molar-refractivity contribution in [3.05, 3.63) is 41.7 Å². The summed E-state index contributed by atoms with van der Waals surface area (Å²) in [7, 11) is 1.59. The third-order valence-corrected chi connectivity index (χ3v) is 4.98. The molecule has 2 amide bonds. The second kappa shape index (κ2) is 6.78. The lowest BCUT2D eigenvalue weighted by Crippen LogP contribution is -2.50. The van der Waals surface area contributed by atoms with Crippen LogP contribution in [0.1, 0.15) is 39.7 Å². The van der Waals surface area contributed by atoms with Gasteiger partial charge in [0.2, 0.25) is 0 Å². The Bertz CT molecular complexity index is 804. The average Bonchev–Trinajstić information content (AvgIpc) is 3.32. The molecule has 0 aliphatic carbocycles. The van der Waals surface area contributed by atoms with E-state index in [-0.39, 0.29) is 17.9 Å². The minimum atomic E-state index is -0.0563. The number of carbonyl (C=O) groups is 2. The first kappa shape index (κ1) is 16.6. The number of hydrogen-bond acceptors (Lipinski definition) is 5. The van der Waals surface area contributed by atoms with E-state index in [2.05, 4.69) is 10.3 Å². The zero-order valence-electron chi connectivity index (χ0n) is 14.7. The summed E-state index contributed by atoms with van der Waals surface area (Å²) >= 11 is 0. The lowest BCUT2D eigenvalue weighted by Gasteiger charge is -2.38. The summed E-state index contributed by atoms with van der Waals surface area (Å²) in [6.07, 6.45) is 3.79. The highest BCUT2D eigenvalue weighted by atomic mass is 16.5. The van der Waals surface area contributed by atoms with E-state index >= 15 is 0 Å². The van der Waals surface area contributed by atoms with Gasteiger partial charge < -0.3 is 14.5 Å². The van der Waals surface area contributed by atoms with Crippen molar-refractivity contribution in [1.29, 1.82) is 0 Å². The van der Waals surface area contributed by atoms with Crippen molar-refractivity contribution in [2.45, 2.75) is 18.9 Å². The molecule has 1 aromatic heterocycles. The molecule has 4 rings (SSSR count). The van der Waals surface area contributed by atoms with E-state index in [0.717, 1.165) is 31.7 Å². The number of methoxy groups -OCH3 is 1. The van der Waals surface area contributed by atoms with Crippen LogP contribution in [0.25, 0.3) is 0 Å². The normalized spacial score (nSPS) is 17.3. The minimum Gasteiger partial charge on any atom is -0.497 e. The number of likely N-dealkylation sites (tertiary alicyclic amines) is 2. The van der Waals surface area contributed by atoms with Crippen molar-refractivity contribution in [1.82, 2.24) is 24.8 Å². The van der Waals surface area contributed by atoms with Gasteiger partial charge >= 0.3 is 0 Å². The second-order valence-corrected chi connectivity index (χ2v) is 6.68. The van der Waals surface area contributed by atoms with Gasteiger partial charge in [0, 0.05) is 31.7 Å². The Morgan fingerprint density at radius 1 is 1.04 bits per heavy atom. The van der Waals surface area contributed by atoms with Crippen molar-refractivity contribution < 1.29 is 14.3 Å². The maximum Gasteiger partial charge on any atom is 0.276 e. The van der Waals surface area contributed by atoms with Gasteiger partial charge in [0.1, 0.15) is 5.75 Å². The lowest BCUT2D eigenvalue weighted by molar-refractivity contribution is 0.0498. The topological polar surface area (TPSA) is 80.6 Å². The van der Waals surface area contributed by atoms with E-state index in [1.165, 1.54) is 0 Å². The molecule has 0 radical (unpaired) electrons. The molecule has 0 spiro atoms. The number of aromatic nitrogens is 3. The van der Waals surface area contributed by atoms with Crippen LogP contribution in [0.4, 0.5) is 0 Å². The highest BCUT2D eigenvalue weighted by molar-refractivity contribution is 5.95. The van der Waals surface area contributed by atoms with Crippen LogP contribution in [0.15, 0.2) is 30.5 Å². The van der Waals surface area contributed by atoms with E-state index < -0.39 is 0 Å². The molecular formula is C18H21N5O3. The summed E-state index contributed by atoms with van der Waals surface area (Å²) in [6.45, 7) is 2.70. The first-order chi connectivity index (χ1) is 12.7. The molecule has 8 heteroatoms. The molecule has 1 aromatic carbocycles. The molecule has 2 aromatic rings. The predicted octanol–water partition coefficient (Wildman–Crippen LogP) is 1.22. The Labute approximate surface area is 151 Å². The number of hydrogen-bond donors (Lipinski definition) is 0. The molecule has 0 N–H and O–H groups in total. The van der Waals surface area contributed by atoms with Gasteiger partial charge in [-0.1, -0.05) is 5.21 Å². The summed E-state index contributed by atoms with van der Waals surface area (Å²) < 4.78 is 6.80. The third-order valence-electron chi connectivity index (χ3n) is 4.98. The predicted molar refractivity (Wildman–Crippen MR) is 93.1 cm³/mol. The molecule has 0 bridgehead atoms. The van der Waals surface area contributed by atoms with Crippen LogP contribution in [0.5, 0.6) is 5.75 Å². The molecule has 2 fully saturated rings. The summed E-state index contributed by atoms with van der Waals surface area (Å²) in [5.41, 5.74) is 1.01. The second-order valence-electron chi connectivity index (χ2n) is 6.68. The van der Waals surface area contributed by atoms with Gasteiger partial charge in [0.05, 0.1) is 19.3 Å². The fraction of sp³-hybridized carbons (Fsp3) is 0.444. The van der Waals surface area contributed by atoms with Crippen LogP contribution in [0.3, 0.4) is 0 Å². The van der Waals surface area contributed by atoms with E-state index in [4.69, 9.17) is 4.74 Å². The third kappa shape index (κ3) is 3.02. The lowest BCUT2D eigenvalue weighted by atomic mass is 10.1. The molecule has 2 aliphatic heterocycles. The minimum absolute atomic E-state index is 0.0163. The zero-order valence-corrected chi connectivity index (χ0v) is 14.7. The molecule has 136 valence electrons. The SMILES string of the molecule is COc1ccc(C(=O)N2CC(n3cc(C(=O)N4CCCC4)nn3)C2)cc1. The highest BCUT2D eigenvalue weighted by Gasteiger charge is 2.34. The maximum absolute atomic E-state index is 12.5. The van der Waals surface area contributed by atoms with Crippen LogP contribution in [-0.4, -0.2) is 69.9 Å². The van der Waals surface area contributed by atoms with Crippen molar-refractivity contribution in [3.8, 4) is 5.75 Å². The monoisotopic (exact) mass is 355 g/mol. The fourth-order valence-electron chi connectivity index (χ4n) is 3.34. The van der Waals surface area contributed by atoms with E-state index in [1.54, 1.807) is 47.2 Å². The summed E-state index contributed by atoms with van der Waals surface area (Å²) in [5, 5.41) is 8.10. The Hall–Kier alpha value is -2.90. The fourth-order valence-corrected chi connectivity index (χ4v) is 3.34. The highest BCUT2D eigenvalue weighted by Crippen LogP contribution is 2.24. The van der Waals surface area contributed by atoms with Crippen molar-refractivity contribution in [2.75, 3.05) is 33.3 Å².